The summed E-state index contributed by atoms with van der Waals surface area (Å²) in [4.78, 5) is 2.41. The minimum Gasteiger partial charge on any atom is -0.500 e. The molecule has 0 atom stereocenters. The molecule has 0 aromatic heterocycles. The lowest BCUT2D eigenvalue weighted by Gasteiger charge is -2.26. The molecular formula is C10H20N2O2. The molecule has 4 heteroatoms. The lowest BCUT2D eigenvalue weighted by Crippen LogP contribution is -2.40. The maximum Gasteiger partial charge on any atom is 0.0997 e. The van der Waals surface area contributed by atoms with Gasteiger partial charge in [0, 0.05) is 32.7 Å². The Balaban J connectivity index is 1.85. The van der Waals surface area contributed by atoms with Crippen molar-refractivity contribution in [3.05, 3.63) is 12.8 Å². The lowest BCUT2D eigenvalue weighted by molar-refractivity contribution is 0.0383. The van der Waals surface area contributed by atoms with Crippen LogP contribution in [0.4, 0.5) is 0 Å². The van der Waals surface area contributed by atoms with Crippen molar-refractivity contribution in [3.8, 4) is 0 Å². The summed E-state index contributed by atoms with van der Waals surface area (Å²) in [5, 5.41) is 3.31. The molecule has 1 fully saturated rings. The number of nitrogens with zero attached hydrogens (tertiary/aromatic N) is 1. The highest BCUT2D eigenvalue weighted by molar-refractivity contribution is 4.63. The Kier molecular flexibility index (Phi) is 6.40. The smallest absolute Gasteiger partial charge is 0.0997 e. The molecule has 0 aromatic carbocycles. The molecule has 0 amide bonds. The van der Waals surface area contributed by atoms with Crippen molar-refractivity contribution in [1.29, 1.82) is 0 Å². The van der Waals surface area contributed by atoms with Crippen LogP contribution in [0.3, 0.4) is 0 Å². The molecule has 1 rings (SSSR count). The predicted molar refractivity (Wildman–Crippen MR) is 56.3 cm³/mol. The molecule has 0 spiro atoms. The fraction of sp³-hybridized carbons (Fsp3) is 0.800. The Bertz CT molecular complexity index is 147. The van der Waals surface area contributed by atoms with Crippen LogP contribution in [0, 0.1) is 0 Å². The second kappa shape index (κ2) is 7.79. The monoisotopic (exact) mass is 200 g/mol. The third-order valence-electron chi connectivity index (χ3n) is 2.22. The summed E-state index contributed by atoms with van der Waals surface area (Å²) in [6.45, 7) is 11.0. The number of nitrogens with one attached hydrogen (secondary N) is 1. The van der Waals surface area contributed by atoms with Gasteiger partial charge in [-0.1, -0.05) is 6.58 Å². The highest BCUT2D eigenvalue weighted by atomic mass is 16.5. The van der Waals surface area contributed by atoms with Crippen LogP contribution < -0.4 is 5.32 Å². The Labute approximate surface area is 85.9 Å². The molecule has 0 unspecified atom stereocenters. The molecule has 1 aliphatic rings. The van der Waals surface area contributed by atoms with Crippen molar-refractivity contribution < 1.29 is 9.47 Å². The highest BCUT2D eigenvalue weighted by Gasteiger charge is 2.08. The summed E-state index contributed by atoms with van der Waals surface area (Å²) in [6.07, 6.45) is 1.48. The van der Waals surface area contributed by atoms with Crippen molar-refractivity contribution in [2.75, 3.05) is 52.5 Å². The van der Waals surface area contributed by atoms with Crippen molar-refractivity contribution in [2.24, 2.45) is 0 Å². The van der Waals surface area contributed by atoms with E-state index in [1.54, 1.807) is 0 Å². The largest absolute Gasteiger partial charge is 0.500 e. The summed E-state index contributed by atoms with van der Waals surface area (Å²) < 4.78 is 10.3. The molecule has 0 saturated carbocycles. The highest BCUT2D eigenvalue weighted by Crippen LogP contribution is 1.94. The van der Waals surface area contributed by atoms with Crippen molar-refractivity contribution in [2.45, 2.75) is 0 Å². The molecule has 0 aliphatic carbocycles. The number of morpholine rings is 1. The minimum absolute atomic E-state index is 0.701. The first kappa shape index (κ1) is 11.5. The van der Waals surface area contributed by atoms with Crippen LogP contribution in [0.25, 0.3) is 0 Å². The van der Waals surface area contributed by atoms with Gasteiger partial charge in [-0.3, -0.25) is 4.90 Å². The standard InChI is InChI=1S/C10H20N2O2/c1-2-13-8-4-11-3-5-12-6-9-14-10-7-12/h2,11H,1,3-10H2. The lowest BCUT2D eigenvalue weighted by atomic mass is 10.4. The van der Waals surface area contributed by atoms with Gasteiger partial charge >= 0.3 is 0 Å². The molecule has 4 nitrogen and oxygen atoms in total. The average Bonchev–Trinajstić information content (AvgIpc) is 2.25. The van der Waals surface area contributed by atoms with Gasteiger partial charge < -0.3 is 14.8 Å². The van der Waals surface area contributed by atoms with Crippen molar-refractivity contribution in [1.82, 2.24) is 10.2 Å². The van der Waals surface area contributed by atoms with Gasteiger partial charge in [0.1, 0.15) is 0 Å². The summed E-state index contributed by atoms with van der Waals surface area (Å²) in [7, 11) is 0. The third kappa shape index (κ3) is 5.21. The topological polar surface area (TPSA) is 33.7 Å². The van der Waals surface area contributed by atoms with Crippen LogP contribution in [0.5, 0.6) is 0 Å². The average molecular weight is 200 g/mol. The van der Waals surface area contributed by atoms with E-state index in [4.69, 9.17) is 9.47 Å². The van der Waals surface area contributed by atoms with Crippen LogP contribution in [0.2, 0.25) is 0 Å². The molecule has 1 heterocycles. The van der Waals surface area contributed by atoms with E-state index in [1.165, 1.54) is 6.26 Å². The third-order valence-corrected chi connectivity index (χ3v) is 2.22. The Morgan fingerprint density at radius 2 is 2.14 bits per heavy atom. The molecule has 0 aromatic rings. The first-order valence-electron chi connectivity index (χ1n) is 5.17. The maximum absolute atomic E-state index is 5.27. The van der Waals surface area contributed by atoms with E-state index in [1.807, 2.05) is 0 Å². The van der Waals surface area contributed by atoms with E-state index in [0.29, 0.717) is 6.61 Å². The van der Waals surface area contributed by atoms with Gasteiger partial charge in [0.15, 0.2) is 0 Å². The Morgan fingerprint density at radius 1 is 1.36 bits per heavy atom. The molecule has 1 N–H and O–H groups in total. The van der Waals surface area contributed by atoms with Gasteiger partial charge in [-0.25, -0.2) is 0 Å². The van der Waals surface area contributed by atoms with Crippen LogP contribution in [-0.4, -0.2) is 57.4 Å². The van der Waals surface area contributed by atoms with E-state index in [-0.39, 0.29) is 0 Å². The van der Waals surface area contributed by atoms with E-state index in [9.17, 15) is 0 Å². The first-order chi connectivity index (χ1) is 6.93. The van der Waals surface area contributed by atoms with Gasteiger partial charge in [-0.15, -0.1) is 0 Å². The van der Waals surface area contributed by atoms with Gasteiger partial charge in [0.25, 0.3) is 0 Å². The van der Waals surface area contributed by atoms with Gasteiger partial charge in [-0.05, 0) is 0 Å². The molecule has 1 saturated heterocycles. The van der Waals surface area contributed by atoms with Crippen LogP contribution in [0.15, 0.2) is 12.8 Å². The number of ether oxygens (including phenoxy) is 2. The quantitative estimate of drug-likeness (QED) is 0.466. The van der Waals surface area contributed by atoms with E-state index >= 15 is 0 Å². The fourth-order valence-corrected chi connectivity index (χ4v) is 1.40. The van der Waals surface area contributed by atoms with E-state index in [0.717, 1.165) is 45.9 Å². The van der Waals surface area contributed by atoms with Gasteiger partial charge in [0.05, 0.1) is 26.1 Å². The molecular weight excluding hydrogens is 180 g/mol. The second-order valence-corrected chi connectivity index (χ2v) is 3.24. The normalized spacial score (nSPS) is 18.0. The molecule has 1 aliphatic heterocycles. The van der Waals surface area contributed by atoms with Crippen LogP contribution >= 0.6 is 0 Å². The van der Waals surface area contributed by atoms with Crippen LogP contribution in [-0.2, 0) is 9.47 Å². The summed E-state index contributed by atoms with van der Waals surface area (Å²) in [5.74, 6) is 0. The number of hydrogen-bond donors (Lipinski definition) is 1. The van der Waals surface area contributed by atoms with Crippen molar-refractivity contribution in [3.63, 3.8) is 0 Å². The van der Waals surface area contributed by atoms with Crippen LogP contribution in [0.1, 0.15) is 0 Å². The number of rotatable bonds is 7. The van der Waals surface area contributed by atoms with E-state index in [2.05, 4.69) is 16.8 Å². The fourth-order valence-electron chi connectivity index (χ4n) is 1.40. The summed E-state index contributed by atoms with van der Waals surface area (Å²) >= 11 is 0. The first-order valence-corrected chi connectivity index (χ1v) is 5.17. The zero-order valence-corrected chi connectivity index (χ0v) is 8.71. The summed E-state index contributed by atoms with van der Waals surface area (Å²) in [6, 6.07) is 0. The minimum atomic E-state index is 0.701. The van der Waals surface area contributed by atoms with E-state index < -0.39 is 0 Å². The van der Waals surface area contributed by atoms with Gasteiger partial charge in [-0.2, -0.15) is 0 Å². The SMILES string of the molecule is C=COCCNCCN1CCOCC1. The van der Waals surface area contributed by atoms with Gasteiger partial charge in [0.2, 0.25) is 0 Å². The zero-order chi connectivity index (χ0) is 10.1. The molecule has 14 heavy (non-hydrogen) atoms. The maximum atomic E-state index is 5.27. The molecule has 0 bridgehead atoms. The molecule has 82 valence electrons. The predicted octanol–water partition coefficient (Wildman–Crippen LogP) is 0.0683. The number of hydrogen-bond acceptors (Lipinski definition) is 4. The molecule has 0 radical (unpaired) electrons. The zero-order valence-electron chi connectivity index (χ0n) is 8.71. The van der Waals surface area contributed by atoms with Crippen molar-refractivity contribution >= 4 is 0 Å². The summed E-state index contributed by atoms with van der Waals surface area (Å²) in [5.41, 5.74) is 0. The Hall–Kier alpha value is -0.580. The second-order valence-electron chi connectivity index (χ2n) is 3.24. The Morgan fingerprint density at radius 3 is 2.86 bits per heavy atom.